The number of carbonyl (C=O) groups is 1. The lowest BCUT2D eigenvalue weighted by Crippen LogP contribution is -2.38. The summed E-state index contributed by atoms with van der Waals surface area (Å²) < 4.78 is 10.6. The topological polar surface area (TPSA) is 51.7 Å². The van der Waals surface area contributed by atoms with Crippen LogP contribution in [0.2, 0.25) is 0 Å². The summed E-state index contributed by atoms with van der Waals surface area (Å²) in [5.41, 5.74) is 2.01. The average Bonchev–Trinajstić information content (AvgIpc) is 2.67. The van der Waals surface area contributed by atoms with Gasteiger partial charge in [0.1, 0.15) is 6.61 Å². The van der Waals surface area contributed by atoms with E-state index in [1.165, 1.54) is 0 Å². The first kappa shape index (κ1) is 16.3. The molecule has 1 aromatic carbocycles. The van der Waals surface area contributed by atoms with Gasteiger partial charge in [0, 0.05) is 18.8 Å². The molecule has 2 aromatic rings. The quantitative estimate of drug-likeness (QED) is 0.853. The second kappa shape index (κ2) is 7.81. The number of hydrogen-bond donors (Lipinski definition) is 0. The van der Waals surface area contributed by atoms with E-state index >= 15 is 0 Å². The minimum Gasteiger partial charge on any atom is -0.481 e. The molecule has 0 saturated carbocycles. The van der Waals surface area contributed by atoms with Gasteiger partial charge < -0.3 is 14.4 Å². The molecular weight excluding hydrogens is 304 g/mol. The number of nitrogens with zero attached hydrogens (tertiary/aromatic N) is 2. The summed E-state index contributed by atoms with van der Waals surface area (Å²) in [6.07, 6.45) is 4.54. The van der Waals surface area contributed by atoms with Crippen LogP contribution >= 0.6 is 0 Å². The molecular formula is C19H22N2O3. The third-order valence-electron chi connectivity index (χ3n) is 4.30. The number of pyridine rings is 1. The van der Waals surface area contributed by atoms with Crippen molar-refractivity contribution in [3.05, 3.63) is 59.8 Å². The van der Waals surface area contributed by atoms with Crippen molar-refractivity contribution in [2.45, 2.75) is 31.9 Å². The number of rotatable bonds is 4. The lowest BCUT2D eigenvalue weighted by Gasteiger charge is -2.35. The largest absolute Gasteiger partial charge is 0.481 e. The minimum absolute atomic E-state index is 0.0143. The van der Waals surface area contributed by atoms with Crippen molar-refractivity contribution in [1.82, 2.24) is 9.88 Å². The van der Waals surface area contributed by atoms with Crippen molar-refractivity contribution in [3.63, 3.8) is 0 Å². The number of benzene rings is 1. The fourth-order valence-corrected chi connectivity index (χ4v) is 3.01. The first-order valence-corrected chi connectivity index (χ1v) is 8.25. The average molecular weight is 326 g/mol. The fourth-order valence-electron chi connectivity index (χ4n) is 3.01. The Hall–Kier alpha value is -2.56. The van der Waals surface area contributed by atoms with Crippen LogP contribution in [0.15, 0.2) is 48.7 Å². The van der Waals surface area contributed by atoms with E-state index in [1.807, 2.05) is 47.4 Å². The van der Waals surface area contributed by atoms with Crippen molar-refractivity contribution in [3.8, 4) is 5.88 Å². The lowest BCUT2D eigenvalue weighted by molar-refractivity contribution is 0.0678. The van der Waals surface area contributed by atoms with E-state index in [2.05, 4.69) is 4.98 Å². The van der Waals surface area contributed by atoms with E-state index < -0.39 is 0 Å². The Labute approximate surface area is 142 Å². The molecule has 1 aliphatic rings. The Bertz CT molecular complexity index is 658. The second-order valence-electron chi connectivity index (χ2n) is 5.88. The number of piperidine rings is 1. The summed E-state index contributed by atoms with van der Waals surface area (Å²) in [6.45, 7) is 1.01. The molecule has 0 N–H and O–H groups in total. The van der Waals surface area contributed by atoms with Crippen LogP contribution in [0, 0.1) is 0 Å². The summed E-state index contributed by atoms with van der Waals surface area (Å²) >= 11 is 0. The third kappa shape index (κ3) is 3.85. The number of hydrogen-bond acceptors (Lipinski definition) is 4. The maximum Gasteiger partial charge on any atom is 0.410 e. The molecule has 3 rings (SSSR count). The van der Waals surface area contributed by atoms with Gasteiger partial charge in [0.2, 0.25) is 5.88 Å². The maximum atomic E-state index is 12.5. The van der Waals surface area contributed by atoms with E-state index in [0.29, 0.717) is 19.0 Å². The first-order valence-electron chi connectivity index (χ1n) is 8.25. The molecule has 1 saturated heterocycles. The number of amides is 1. The highest BCUT2D eigenvalue weighted by Gasteiger charge is 2.29. The zero-order valence-electron chi connectivity index (χ0n) is 13.9. The SMILES string of the molecule is COc1ccc([C@@H]2CCCCN2C(=O)OCc2ccccc2)cn1. The predicted octanol–water partition coefficient (Wildman–Crippen LogP) is 3.95. The Morgan fingerprint density at radius 2 is 2.04 bits per heavy atom. The molecule has 1 aliphatic heterocycles. The van der Waals surface area contributed by atoms with Crippen molar-refractivity contribution in [1.29, 1.82) is 0 Å². The van der Waals surface area contributed by atoms with Gasteiger partial charge in [-0.05, 0) is 30.4 Å². The zero-order chi connectivity index (χ0) is 16.8. The highest BCUT2D eigenvalue weighted by atomic mass is 16.6. The Morgan fingerprint density at radius 3 is 2.75 bits per heavy atom. The summed E-state index contributed by atoms with van der Waals surface area (Å²) in [5.74, 6) is 0.577. The van der Waals surface area contributed by atoms with Gasteiger partial charge in [0.15, 0.2) is 0 Å². The van der Waals surface area contributed by atoms with Crippen LogP contribution in [0.25, 0.3) is 0 Å². The number of carbonyl (C=O) groups excluding carboxylic acids is 1. The molecule has 1 aromatic heterocycles. The summed E-state index contributed by atoms with van der Waals surface area (Å²) in [7, 11) is 1.59. The minimum atomic E-state index is -0.264. The normalized spacial score (nSPS) is 17.4. The van der Waals surface area contributed by atoms with E-state index in [1.54, 1.807) is 13.3 Å². The Morgan fingerprint density at radius 1 is 1.21 bits per heavy atom. The van der Waals surface area contributed by atoms with Crippen LogP contribution in [0.3, 0.4) is 0 Å². The Balaban J connectivity index is 1.67. The molecule has 0 aliphatic carbocycles. The van der Waals surface area contributed by atoms with Crippen LogP contribution < -0.4 is 4.74 Å². The summed E-state index contributed by atoms with van der Waals surface area (Å²) in [4.78, 5) is 18.6. The molecule has 5 heteroatoms. The highest BCUT2D eigenvalue weighted by molar-refractivity contribution is 5.68. The predicted molar refractivity (Wildman–Crippen MR) is 90.7 cm³/mol. The van der Waals surface area contributed by atoms with Gasteiger partial charge in [-0.3, -0.25) is 0 Å². The van der Waals surface area contributed by atoms with Crippen LogP contribution in [0.4, 0.5) is 4.79 Å². The molecule has 0 spiro atoms. The molecule has 1 atom stereocenters. The molecule has 5 nitrogen and oxygen atoms in total. The monoisotopic (exact) mass is 326 g/mol. The highest BCUT2D eigenvalue weighted by Crippen LogP contribution is 2.31. The van der Waals surface area contributed by atoms with E-state index in [0.717, 1.165) is 30.4 Å². The molecule has 1 fully saturated rings. The van der Waals surface area contributed by atoms with E-state index in [9.17, 15) is 4.79 Å². The van der Waals surface area contributed by atoms with E-state index in [-0.39, 0.29) is 12.1 Å². The maximum absolute atomic E-state index is 12.5. The van der Waals surface area contributed by atoms with Crippen LogP contribution in [0.1, 0.15) is 36.4 Å². The summed E-state index contributed by atoms with van der Waals surface area (Å²) in [6, 6.07) is 13.5. The van der Waals surface area contributed by atoms with E-state index in [4.69, 9.17) is 9.47 Å². The van der Waals surface area contributed by atoms with Gasteiger partial charge in [-0.1, -0.05) is 36.4 Å². The zero-order valence-corrected chi connectivity index (χ0v) is 13.9. The van der Waals surface area contributed by atoms with Gasteiger partial charge in [0.25, 0.3) is 0 Å². The van der Waals surface area contributed by atoms with Gasteiger partial charge >= 0.3 is 6.09 Å². The van der Waals surface area contributed by atoms with Crippen molar-refractivity contribution in [2.75, 3.05) is 13.7 Å². The molecule has 0 radical (unpaired) electrons. The Kier molecular flexibility index (Phi) is 5.31. The summed E-state index contributed by atoms with van der Waals surface area (Å²) in [5, 5.41) is 0. The molecule has 1 amide bonds. The molecule has 126 valence electrons. The van der Waals surface area contributed by atoms with Gasteiger partial charge in [-0.25, -0.2) is 9.78 Å². The van der Waals surface area contributed by atoms with Crippen molar-refractivity contribution >= 4 is 6.09 Å². The van der Waals surface area contributed by atoms with Gasteiger partial charge in [0.05, 0.1) is 13.2 Å². The van der Waals surface area contributed by atoms with Gasteiger partial charge in [-0.2, -0.15) is 0 Å². The number of aromatic nitrogens is 1. The molecule has 0 bridgehead atoms. The lowest BCUT2D eigenvalue weighted by atomic mass is 9.97. The standard InChI is InChI=1S/C19H22N2O3/c1-23-18-11-10-16(13-20-18)17-9-5-6-12-21(17)19(22)24-14-15-7-3-2-4-8-15/h2-4,7-8,10-11,13,17H,5-6,9,12,14H2,1H3/t17-/m0/s1. The second-order valence-corrected chi connectivity index (χ2v) is 5.88. The van der Waals surface area contributed by atoms with Crippen molar-refractivity contribution < 1.29 is 14.3 Å². The fraction of sp³-hybridized carbons (Fsp3) is 0.368. The first-order chi connectivity index (χ1) is 11.8. The van der Waals surface area contributed by atoms with Crippen LogP contribution in [-0.2, 0) is 11.3 Å². The molecule has 0 unspecified atom stereocenters. The van der Waals surface area contributed by atoms with Crippen molar-refractivity contribution in [2.24, 2.45) is 0 Å². The molecule has 24 heavy (non-hydrogen) atoms. The molecule has 2 heterocycles. The number of ether oxygens (including phenoxy) is 2. The smallest absolute Gasteiger partial charge is 0.410 e. The third-order valence-corrected chi connectivity index (χ3v) is 4.30. The van der Waals surface area contributed by atoms with Crippen LogP contribution in [-0.4, -0.2) is 29.6 Å². The van der Waals surface area contributed by atoms with Crippen LogP contribution in [0.5, 0.6) is 5.88 Å². The number of likely N-dealkylation sites (tertiary alicyclic amines) is 1. The number of methoxy groups -OCH3 is 1. The van der Waals surface area contributed by atoms with Gasteiger partial charge in [-0.15, -0.1) is 0 Å².